The summed E-state index contributed by atoms with van der Waals surface area (Å²) in [5, 5.41) is 10.2. The largest absolute Gasteiger partial charge is 0.486 e. The Hall–Kier alpha value is -2.83. The fourth-order valence-corrected chi connectivity index (χ4v) is 3.32. The van der Waals surface area contributed by atoms with Gasteiger partial charge in [0.15, 0.2) is 11.4 Å². The molecule has 0 radical (unpaired) electrons. The van der Waals surface area contributed by atoms with Crippen LogP contribution in [0.25, 0.3) is 11.1 Å². The molecule has 1 aliphatic carbocycles. The fourth-order valence-electron chi connectivity index (χ4n) is 3.13. The molecule has 0 atom stereocenters. The molecule has 1 saturated carbocycles. The van der Waals surface area contributed by atoms with E-state index in [1.165, 1.54) is 0 Å². The Morgan fingerprint density at radius 3 is 2.62 bits per heavy atom. The van der Waals surface area contributed by atoms with Crippen molar-refractivity contribution in [3.63, 3.8) is 0 Å². The topological polar surface area (TPSA) is 45.9 Å². The second-order valence-corrected chi connectivity index (χ2v) is 6.87. The van der Waals surface area contributed by atoms with Crippen LogP contribution in [0.4, 0.5) is 0 Å². The molecule has 0 aliphatic heterocycles. The van der Waals surface area contributed by atoms with Gasteiger partial charge >= 0.3 is 0 Å². The number of nitriles is 1. The lowest BCUT2D eigenvalue weighted by molar-refractivity contribution is 0.301. The lowest BCUT2D eigenvalue weighted by atomic mass is 9.97. The molecule has 0 unspecified atom stereocenters. The summed E-state index contributed by atoms with van der Waals surface area (Å²) < 4.78 is 6.12. The number of hydrogen-bond acceptors (Lipinski definition) is 3. The molecule has 1 heterocycles. The van der Waals surface area contributed by atoms with Gasteiger partial charge in [0.05, 0.1) is 0 Å². The molecule has 0 N–H and O–H groups in total. The van der Waals surface area contributed by atoms with Gasteiger partial charge in [-0.1, -0.05) is 54.1 Å². The van der Waals surface area contributed by atoms with Crippen LogP contribution in [-0.4, -0.2) is 4.98 Å². The third-order valence-electron chi connectivity index (χ3n) is 4.53. The first-order valence-corrected chi connectivity index (χ1v) is 8.99. The van der Waals surface area contributed by atoms with Gasteiger partial charge in [-0.15, -0.1) is 0 Å². The van der Waals surface area contributed by atoms with Crippen molar-refractivity contribution in [2.45, 2.75) is 25.4 Å². The van der Waals surface area contributed by atoms with Crippen LogP contribution in [0, 0.1) is 11.3 Å². The zero-order chi connectivity index (χ0) is 17.9. The normalized spacial score (nSPS) is 13.2. The highest BCUT2D eigenvalue weighted by atomic mass is 35.5. The molecular weight excluding hydrogens is 344 g/mol. The Labute approximate surface area is 157 Å². The van der Waals surface area contributed by atoms with Gasteiger partial charge in [0, 0.05) is 22.3 Å². The monoisotopic (exact) mass is 360 g/mol. The minimum absolute atomic E-state index is 0.341. The maximum Gasteiger partial charge on any atom is 0.182 e. The number of benzene rings is 2. The van der Waals surface area contributed by atoms with Crippen LogP contribution in [0.3, 0.4) is 0 Å². The number of nitrogens with zero attached hydrogens (tertiary/aromatic N) is 2. The van der Waals surface area contributed by atoms with Crippen molar-refractivity contribution in [2.24, 2.45) is 0 Å². The van der Waals surface area contributed by atoms with Gasteiger partial charge in [0.2, 0.25) is 0 Å². The van der Waals surface area contributed by atoms with Crippen LogP contribution in [0.15, 0.2) is 60.8 Å². The molecule has 1 aromatic heterocycles. The van der Waals surface area contributed by atoms with Gasteiger partial charge in [-0.3, -0.25) is 0 Å². The van der Waals surface area contributed by atoms with Gasteiger partial charge in [-0.25, -0.2) is 4.98 Å². The summed E-state index contributed by atoms with van der Waals surface area (Å²) in [6.45, 7) is 0.413. The van der Waals surface area contributed by atoms with Crippen molar-refractivity contribution in [3.05, 3.63) is 82.6 Å². The molecule has 0 spiro atoms. The second kappa shape index (κ2) is 7.19. The van der Waals surface area contributed by atoms with Crippen molar-refractivity contribution in [1.82, 2.24) is 4.98 Å². The third-order valence-corrected chi connectivity index (χ3v) is 4.76. The molecule has 26 heavy (non-hydrogen) atoms. The van der Waals surface area contributed by atoms with E-state index in [1.807, 2.05) is 54.6 Å². The maximum absolute atomic E-state index is 9.53. The Balaban J connectivity index is 1.78. The Morgan fingerprint density at radius 1 is 1.12 bits per heavy atom. The van der Waals surface area contributed by atoms with Gasteiger partial charge in [-0.2, -0.15) is 5.26 Å². The Morgan fingerprint density at radius 2 is 1.92 bits per heavy atom. The quantitative estimate of drug-likeness (QED) is 0.583. The first-order chi connectivity index (χ1) is 12.8. The highest BCUT2D eigenvalue weighted by Crippen LogP contribution is 2.49. The average Bonchev–Trinajstić information content (AvgIpc) is 3.51. The van der Waals surface area contributed by atoms with Gasteiger partial charge in [-0.05, 0) is 42.0 Å². The second-order valence-electron chi connectivity index (χ2n) is 6.43. The Kier molecular flexibility index (Phi) is 4.60. The average molecular weight is 361 g/mol. The van der Waals surface area contributed by atoms with Gasteiger partial charge in [0.1, 0.15) is 12.7 Å². The van der Waals surface area contributed by atoms with Crippen molar-refractivity contribution in [3.8, 4) is 22.9 Å². The number of ether oxygens (including phenoxy) is 1. The van der Waals surface area contributed by atoms with Crippen LogP contribution in [0.2, 0.25) is 5.02 Å². The minimum atomic E-state index is 0.341. The van der Waals surface area contributed by atoms with Crippen molar-refractivity contribution < 1.29 is 4.74 Å². The summed E-state index contributed by atoms with van der Waals surface area (Å²) in [5.41, 5.74) is 4.48. The van der Waals surface area contributed by atoms with Crippen molar-refractivity contribution >= 4 is 11.6 Å². The molecule has 0 saturated heterocycles. The first kappa shape index (κ1) is 16.6. The summed E-state index contributed by atoms with van der Waals surface area (Å²) in [6.07, 6.45) is 3.97. The van der Waals surface area contributed by atoms with Gasteiger partial charge in [0.25, 0.3) is 0 Å². The van der Waals surface area contributed by atoms with E-state index in [1.54, 1.807) is 6.20 Å². The standard InChI is InChI=1S/C22H17ClN2O/c23-18-8-4-7-17(11-18)19-13-25-20(12-24)22(21(19)16-9-10-16)26-14-15-5-2-1-3-6-15/h1-8,11,13,16H,9-10,14H2. The molecule has 4 heteroatoms. The maximum atomic E-state index is 9.53. The molecule has 1 aliphatic rings. The van der Waals surface area contributed by atoms with Crippen LogP contribution in [0.5, 0.6) is 5.75 Å². The number of hydrogen-bond donors (Lipinski definition) is 0. The minimum Gasteiger partial charge on any atom is -0.486 e. The fraction of sp³-hybridized carbons (Fsp3) is 0.182. The molecule has 128 valence electrons. The molecular formula is C22H17ClN2O. The smallest absolute Gasteiger partial charge is 0.182 e. The predicted octanol–water partition coefficient (Wildman–Crippen LogP) is 5.73. The first-order valence-electron chi connectivity index (χ1n) is 8.62. The summed E-state index contributed by atoms with van der Waals surface area (Å²) in [6, 6.07) is 19.9. The zero-order valence-corrected chi connectivity index (χ0v) is 14.9. The van der Waals surface area contributed by atoms with E-state index in [0.717, 1.165) is 35.1 Å². The van der Waals surface area contributed by atoms with Crippen LogP contribution >= 0.6 is 11.6 Å². The van der Waals surface area contributed by atoms with E-state index < -0.39 is 0 Å². The van der Waals surface area contributed by atoms with Crippen molar-refractivity contribution in [2.75, 3.05) is 0 Å². The van der Waals surface area contributed by atoms with Crippen LogP contribution in [0.1, 0.15) is 35.6 Å². The molecule has 2 aromatic carbocycles. The summed E-state index contributed by atoms with van der Waals surface area (Å²) in [4.78, 5) is 4.36. The van der Waals surface area contributed by atoms with E-state index in [2.05, 4.69) is 11.1 Å². The summed E-state index contributed by atoms with van der Waals surface area (Å²) in [7, 11) is 0. The van der Waals surface area contributed by atoms with E-state index in [-0.39, 0.29) is 0 Å². The highest BCUT2D eigenvalue weighted by Gasteiger charge is 2.32. The molecule has 0 amide bonds. The van der Waals surface area contributed by atoms with E-state index in [4.69, 9.17) is 16.3 Å². The SMILES string of the molecule is N#Cc1ncc(-c2cccc(Cl)c2)c(C2CC2)c1OCc1ccccc1. The number of halogens is 1. The van der Waals surface area contributed by atoms with E-state index >= 15 is 0 Å². The Bertz CT molecular complexity index is 975. The molecule has 1 fully saturated rings. The summed E-state index contributed by atoms with van der Waals surface area (Å²) >= 11 is 6.18. The van der Waals surface area contributed by atoms with Crippen LogP contribution in [-0.2, 0) is 6.61 Å². The lowest BCUT2D eigenvalue weighted by Gasteiger charge is -2.16. The third kappa shape index (κ3) is 3.42. The molecule has 4 rings (SSSR count). The van der Waals surface area contributed by atoms with Gasteiger partial charge < -0.3 is 4.74 Å². The molecule has 0 bridgehead atoms. The number of pyridine rings is 1. The number of rotatable bonds is 5. The lowest BCUT2D eigenvalue weighted by Crippen LogP contribution is -2.04. The predicted molar refractivity (Wildman–Crippen MR) is 102 cm³/mol. The molecule has 3 aromatic rings. The highest BCUT2D eigenvalue weighted by molar-refractivity contribution is 6.30. The number of aromatic nitrogens is 1. The van der Waals surface area contributed by atoms with Crippen molar-refractivity contribution in [1.29, 1.82) is 5.26 Å². The molecule has 3 nitrogen and oxygen atoms in total. The van der Waals surface area contributed by atoms with Crippen LogP contribution < -0.4 is 4.74 Å². The van der Waals surface area contributed by atoms with E-state index in [9.17, 15) is 5.26 Å². The summed E-state index contributed by atoms with van der Waals surface area (Å²) in [5.74, 6) is 1.01. The van der Waals surface area contributed by atoms with E-state index in [0.29, 0.717) is 29.0 Å². The zero-order valence-electron chi connectivity index (χ0n) is 14.2.